The van der Waals surface area contributed by atoms with Crippen molar-refractivity contribution in [1.82, 2.24) is 20.0 Å². The minimum absolute atomic E-state index is 0.00487. The number of hydrogen-bond acceptors (Lipinski definition) is 4. The summed E-state index contributed by atoms with van der Waals surface area (Å²) in [5.74, 6) is -0.783. The fourth-order valence-corrected chi connectivity index (χ4v) is 4.94. The van der Waals surface area contributed by atoms with E-state index >= 15 is 0 Å². The van der Waals surface area contributed by atoms with Crippen LogP contribution in [0.5, 0.6) is 0 Å². The molecule has 0 aliphatic carbocycles. The fourth-order valence-electron chi connectivity index (χ4n) is 4.94. The van der Waals surface area contributed by atoms with Gasteiger partial charge >= 0.3 is 0 Å². The first kappa shape index (κ1) is 18.4. The molecule has 1 aromatic carbocycles. The molecule has 0 radical (unpaired) electrons. The molecule has 4 rings (SSSR count). The number of amides is 2. The molecule has 2 amide bonds. The molecule has 1 N–H and O–H groups in total. The second kappa shape index (κ2) is 7.24. The summed E-state index contributed by atoms with van der Waals surface area (Å²) in [5, 5.41) is 2.92. The smallest absolute Gasteiger partial charge is 0.235 e. The number of piperazine rings is 1. The predicted molar refractivity (Wildman–Crippen MR) is 104 cm³/mol. The van der Waals surface area contributed by atoms with Crippen molar-refractivity contribution >= 4 is 11.8 Å². The Morgan fingerprint density at radius 2 is 1.78 bits per heavy atom. The zero-order valence-corrected chi connectivity index (χ0v) is 16.4. The number of nitrogens with zero attached hydrogens (tertiary/aromatic N) is 3. The maximum absolute atomic E-state index is 13.4. The summed E-state index contributed by atoms with van der Waals surface area (Å²) in [7, 11) is 4.34. The van der Waals surface area contributed by atoms with Gasteiger partial charge in [-0.25, -0.2) is 0 Å². The first-order valence-electron chi connectivity index (χ1n) is 10.0. The number of benzene rings is 1. The normalized spacial score (nSPS) is 29.1. The highest BCUT2D eigenvalue weighted by atomic mass is 16.2. The highest BCUT2D eigenvalue weighted by Gasteiger charge is 2.47. The van der Waals surface area contributed by atoms with Crippen molar-refractivity contribution in [2.24, 2.45) is 5.92 Å². The molecule has 3 heterocycles. The highest BCUT2D eigenvalue weighted by Crippen LogP contribution is 2.35. The lowest BCUT2D eigenvalue weighted by Crippen LogP contribution is -2.65. The zero-order valence-electron chi connectivity index (χ0n) is 16.4. The zero-order chi connectivity index (χ0) is 19.0. The van der Waals surface area contributed by atoms with Gasteiger partial charge in [-0.05, 0) is 45.6 Å². The van der Waals surface area contributed by atoms with Gasteiger partial charge in [0.1, 0.15) is 5.92 Å². The Morgan fingerprint density at radius 1 is 1.07 bits per heavy atom. The summed E-state index contributed by atoms with van der Waals surface area (Å²) in [6.45, 7) is 4.98. The van der Waals surface area contributed by atoms with E-state index in [-0.39, 0.29) is 23.3 Å². The molecule has 1 spiro atoms. The number of likely N-dealkylation sites (tertiary alicyclic amines) is 1. The van der Waals surface area contributed by atoms with E-state index in [9.17, 15) is 9.59 Å². The predicted octanol–water partition coefficient (Wildman–Crippen LogP) is 0.755. The van der Waals surface area contributed by atoms with Crippen LogP contribution in [0, 0.1) is 5.92 Å². The first-order chi connectivity index (χ1) is 13.0. The second-order valence-electron chi connectivity index (χ2n) is 8.45. The van der Waals surface area contributed by atoms with Crippen molar-refractivity contribution in [3.05, 3.63) is 35.9 Å². The van der Waals surface area contributed by atoms with Crippen LogP contribution in [0.25, 0.3) is 0 Å². The van der Waals surface area contributed by atoms with E-state index in [1.165, 1.54) is 0 Å². The largest absolute Gasteiger partial charge is 0.355 e. The number of likely N-dealkylation sites (N-methyl/N-ethyl adjacent to an activating group) is 1. The van der Waals surface area contributed by atoms with Gasteiger partial charge < -0.3 is 15.1 Å². The van der Waals surface area contributed by atoms with E-state index in [0.717, 1.165) is 44.6 Å². The van der Waals surface area contributed by atoms with E-state index in [0.29, 0.717) is 13.1 Å². The summed E-state index contributed by atoms with van der Waals surface area (Å²) < 4.78 is 0. The van der Waals surface area contributed by atoms with Gasteiger partial charge in [0, 0.05) is 37.6 Å². The van der Waals surface area contributed by atoms with Crippen molar-refractivity contribution in [1.29, 1.82) is 0 Å². The fraction of sp³-hybridized carbons (Fsp3) is 0.619. The summed E-state index contributed by atoms with van der Waals surface area (Å²) in [4.78, 5) is 32.7. The molecule has 146 valence electrons. The molecule has 2 atom stereocenters. The number of rotatable bonds is 2. The van der Waals surface area contributed by atoms with Gasteiger partial charge in [-0.1, -0.05) is 30.3 Å². The lowest BCUT2D eigenvalue weighted by Gasteiger charge is -2.53. The standard InChI is InChI=1S/C21H30N4O2/c1-23-10-8-21(9-11-23)15-25(13-12-24(21)2)20(27)18-17(14-22-19(18)26)16-6-4-3-5-7-16/h3-7,17-18H,8-15H2,1-2H3,(H,22,26)/t17-,18+/m1/s1. The number of piperidine rings is 1. The van der Waals surface area contributed by atoms with Gasteiger partial charge in [-0.15, -0.1) is 0 Å². The average Bonchev–Trinajstić information content (AvgIpc) is 3.08. The minimum atomic E-state index is -0.598. The van der Waals surface area contributed by atoms with Gasteiger partial charge in [0.25, 0.3) is 0 Å². The summed E-state index contributed by atoms with van der Waals surface area (Å²) in [6, 6.07) is 9.96. The van der Waals surface area contributed by atoms with Gasteiger partial charge in [0.15, 0.2) is 0 Å². The molecule has 27 heavy (non-hydrogen) atoms. The number of hydrogen-bond donors (Lipinski definition) is 1. The Hall–Kier alpha value is -1.92. The molecule has 0 saturated carbocycles. The number of carbonyl (C=O) groups excluding carboxylic acids is 2. The van der Waals surface area contributed by atoms with Crippen molar-refractivity contribution in [3.63, 3.8) is 0 Å². The van der Waals surface area contributed by atoms with Crippen molar-refractivity contribution in [2.75, 3.05) is 53.4 Å². The van der Waals surface area contributed by atoms with Gasteiger partial charge in [0.05, 0.1) is 0 Å². The van der Waals surface area contributed by atoms with Gasteiger partial charge in [0.2, 0.25) is 11.8 Å². The lowest BCUT2D eigenvalue weighted by atomic mass is 9.82. The Balaban J connectivity index is 1.53. The quantitative estimate of drug-likeness (QED) is 0.781. The maximum atomic E-state index is 13.4. The summed E-state index contributed by atoms with van der Waals surface area (Å²) in [5.41, 5.74) is 1.12. The Labute approximate surface area is 161 Å². The van der Waals surface area contributed by atoms with Crippen molar-refractivity contribution < 1.29 is 9.59 Å². The third-order valence-corrected chi connectivity index (χ3v) is 6.90. The highest BCUT2D eigenvalue weighted by molar-refractivity contribution is 6.03. The number of carbonyl (C=O) groups is 2. The molecule has 0 bridgehead atoms. The molecule has 6 heteroatoms. The molecule has 1 aromatic rings. The molecule has 3 saturated heterocycles. The molecular weight excluding hydrogens is 340 g/mol. The summed E-state index contributed by atoms with van der Waals surface area (Å²) >= 11 is 0. The van der Waals surface area contributed by atoms with Crippen LogP contribution in [0.1, 0.15) is 24.3 Å². The van der Waals surface area contributed by atoms with E-state index in [1.54, 1.807) is 0 Å². The van der Waals surface area contributed by atoms with Crippen LogP contribution < -0.4 is 5.32 Å². The van der Waals surface area contributed by atoms with E-state index < -0.39 is 5.92 Å². The molecule has 3 fully saturated rings. The minimum Gasteiger partial charge on any atom is -0.355 e. The van der Waals surface area contributed by atoms with Crippen molar-refractivity contribution in [3.8, 4) is 0 Å². The molecular formula is C21H30N4O2. The molecule has 0 unspecified atom stereocenters. The Morgan fingerprint density at radius 3 is 2.48 bits per heavy atom. The van der Waals surface area contributed by atoms with Crippen LogP contribution in [0.3, 0.4) is 0 Å². The van der Waals surface area contributed by atoms with Crippen LogP contribution in [-0.4, -0.2) is 85.4 Å². The first-order valence-corrected chi connectivity index (χ1v) is 10.0. The van der Waals surface area contributed by atoms with Gasteiger partial charge in [-0.2, -0.15) is 0 Å². The van der Waals surface area contributed by atoms with Crippen molar-refractivity contribution in [2.45, 2.75) is 24.3 Å². The third-order valence-electron chi connectivity index (χ3n) is 6.90. The molecule has 0 aromatic heterocycles. The molecule has 6 nitrogen and oxygen atoms in total. The van der Waals surface area contributed by atoms with Crippen LogP contribution >= 0.6 is 0 Å². The number of nitrogens with one attached hydrogen (secondary N) is 1. The van der Waals surface area contributed by atoms with Crippen LogP contribution in [0.4, 0.5) is 0 Å². The molecule has 3 aliphatic heterocycles. The van der Waals surface area contributed by atoms with Gasteiger partial charge in [-0.3, -0.25) is 14.5 Å². The van der Waals surface area contributed by atoms with E-state index in [1.807, 2.05) is 35.2 Å². The Kier molecular flexibility index (Phi) is 4.95. The van der Waals surface area contributed by atoms with Crippen LogP contribution in [0.2, 0.25) is 0 Å². The lowest BCUT2D eigenvalue weighted by molar-refractivity contribution is -0.146. The van der Waals surface area contributed by atoms with Crippen LogP contribution in [-0.2, 0) is 9.59 Å². The third kappa shape index (κ3) is 3.36. The monoisotopic (exact) mass is 370 g/mol. The maximum Gasteiger partial charge on any atom is 0.235 e. The average molecular weight is 370 g/mol. The summed E-state index contributed by atoms with van der Waals surface area (Å²) in [6.07, 6.45) is 2.14. The van der Waals surface area contributed by atoms with E-state index in [2.05, 4.69) is 29.2 Å². The van der Waals surface area contributed by atoms with Crippen LogP contribution in [0.15, 0.2) is 30.3 Å². The SMILES string of the molecule is CN1CCC2(CC1)CN(C(=O)[C@@H]1C(=O)NC[C@@H]1c1ccccc1)CCN2C. The van der Waals surface area contributed by atoms with E-state index in [4.69, 9.17) is 0 Å². The topological polar surface area (TPSA) is 55.9 Å². The molecule has 3 aliphatic rings. The Bertz CT molecular complexity index is 699. The second-order valence-corrected chi connectivity index (χ2v) is 8.45.